The minimum atomic E-state index is -0.384. The number of hydrogen-bond acceptors (Lipinski definition) is 3. The first kappa shape index (κ1) is 14.5. The minimum absolute atomic E-state index is 0.120. The number of nitrogens with one attached hydrogen (secondary N) is 1. The number of alkyl halides is 1. The van der Waals surface area contributed by atoms with E-state index < -0.39 is 0 Å². The Morgan fingerprint density at radius 2 is 2.17 bits per heavy atom. The number of amides is 1. The van der Waals surface area contributed by atoms with Gasteiger partial charge in [0.15, 0.2) is 0 Å². The molecule has 1 aromatic rings. The molecule has 0 aromatic heterocycles. The molecule has 18 heavy (non-hydrogen) atoms. The first-order valence-corrected chi connectivity index (χ1v) is 6.33. The maximum Gasteiger partial charge on any atom is 0.338 e. The average molecular weight is 270 g/mol. The SMILES string of the molecule is CCCCOC(=O)c1cccc(NC(=O)CCl)c1. The third-order valence-corrected chi connectivity index (χ3v) is 2.48. The molecule has 0 radical (unpaired) electrons. The van der Waals surface area contributed by atoms with Crippen LogP contribution in [0.4, 0.5) is 5.69 Å². The van der Waals surface area contributed by atoms with Crippen molar-refractivity contribution in [2.75, 3.05) is 17.8 Å². The lowest BCUT2D eigenvalue weighted by molar-refractivity contribution is -0.113. The Hall–Kier alpha value is -1.55. The molecule has 0 saturated heterocycles. The lowest BCUT2D eigenvalue weighted by atomic mass is 10.2. The predicted molar refractivity (Wildman–Crippen MR) is 71.0 cm³/mol. The quantitative estimate of drug-likeness (QED) is 0.491. The van der Waals surface area contributed by atoms with E-state index in [0.717, 1.165) is 12.8 Å². The van der Waals surface area contributed by atoms with Gasteiger partial charge in [0.1, 0.15) is 5.88 Å². The van der Waals surface area contributed by atoms with Crippen LogP contribution in [-0.4, -0.2) is 24.4 Å². The van der Waals surface area contributed by atoms with Crippen molar-refractivity contribution < 1.29 is 14.3 Å². The van der Waals surface area contributed by atoms with E-state index in [1.54, 1.807) is 24.3 Å². The highest BCUT2D eigenvalue weighted by Gasteiger charge is 2.08. The topological polar surface area (TPSA) is 55.4 Å². The largest absolute Gasteiger partial charge is 0.462 e. The summed E-state index contributed by atoms with van der Waals surface area (Å²) < 4.78 is 5.08. The molecule has 0 aliphatic carbocycles. The van der Waals surface area contributed by atoms with Crippen LogP contribution in [0.5, 0.6) is 0 Å². The summed E-state index contributed by atoms with van der Waals surface area (Å²) in [5.41, 5.74) is 0.948. The molecule has 1 rings (SSSR count). The number of carbonyl (C=O) groups is 2. The van der Waals surface area contributed by atoms with Crippen LogP contribution in [0.15, 0.2) is 24.3 Å². The number of rotatable bonds is 6. The molecule has 1 aromatic carbocycles. The van der Waals surface area contributed by atoms with Crippen LogP contribution in [-0.2, 0) is 9.53 Å². The standard InChI is InChI=1S/C13H16ClNO3/c1-2-3-7-18-13(17)10-5-4-6-11(8-10)15-12(16)9-14/h4-6,8H,2-3,7,9H2,1H3,(H,15,16). The fourth-order valence-electron chi connectivity index (χ4n) is 1.31. The molecular weight excluding hydrogens is 254 g/mol. The zero-order valence-electron chi connectivity index (χ0n) is 10.2. The summed E-state index contributed by atoms with van der Waals surface area (Å²) in [4.78, 5) is 22.8. The van der Waals surface area contributed by atoms with Crippen LogP contribution < -0.4 is 5.32 Å². The molecular formula is C13H16ClNO3. The normalized spacial score (nSPS) is 9.89. The van der Waals surface area contributed by atoms with Gasteiger partial charge < -0.3 is 10.1 Å². The highest BCUT2D eigenvalue weighted by molar-refractivity contribution is 6.29. The van der Waals surface area contributed by atoms with Gasteiger partial charge in [-0.2, -0.15) is 0 Å². The zero-order valence-corrected chi connectivity index (χ0v) is 11.0. The Kier molecular flexibility index (Phi) is 6.22. The maximum absolute atomic E-state index is 11.7. The van der Waals surface area contributed by atoms with Crippen molar-refractivity contribution in [3.05, 3.63) is 29.8 Å². The summed E-state index contributed by atoms with van der Waals surface area (Å²) in [6.07, 6.45) is 1.81. The van der Waals surface area contributed by atoms with Gasteiger partial charge in [0.25, 0.3) is 0 Å². The van der Waals surface area contributed by atoms with Gasteiger partial charge in [0.05, 0.1) is 12.2 Å². The second-order valence-electron chi connectivity index (χ2n) is 3.75. The van der Waals surface area contributed by atoms with E-state index in [1.807, 2.05) is 6.92 Å². The van der Waals surface area contributed by atoms with Crippen LogP contribution >= 0.6 is 11.6 Å². The number of hydrogen-bond donors (Lipinski definition) is 1. The number of anilines is 1. The average Bonchev–Trinajstić information content (AvgIpc) is 2.39. The third kappa shape index (κ3) is 4.75. The molecule has 0 fully saturated rings. The van der Waals surface area contributed by atoms with E-state index in [1.165, 1.54) is 0 Å². The van der Waals surface area contributed by atoms with Crippen molar-refractivity contribution in [2.45, 2.75) is 19.8 Å². The van der Waals surface area contributed by atoms with Crippen LogP contribution in [0.25, 0.3) is 0 Å². The first-order chi connectivity index (χ1) is 8.67. The van der Waals surface area contributed by atoms with Crippen LogP contribution in [0.1, 0.15) is 30.1 Å². The van der Waals surface area contributed by atoms with Crippen molar-refractivity contribution in [2.24, 2.45) is 0 Å². The fourth-order valence-corrected chi connectivity index (χ4v) is 1.38. The summed E-state index contributed by atoms with van der Waals surface area (Å²) in [6, 6.07) is 6.58. The van der Waals surface area contributed by atoms with Crippen LogP contribution in [0, 0.1) is 0 Å². The van der Waals surface area contributed by atoms with Crippen LogP contribution in [0.2, 0.25) is 0 Å². The smallest absolute Gasteiger partial charge is 0.338 e. The van der Waals surface area contributed by atoms with Crippen LogP contribution in [0.3, 0.4) is 0 Å². The third-order valence-electron chi connectivity index (χ3n) is 2.23. The van der Waals surface area contributed by atoms with Gasteiger partial charge in [0.2, 0.25) is 5.91 Å². The minimum Gasteiger partial charge on any atom is -0.462 e. The van der Waals surface area contributed by atoms with E-state index in [-0.39, 0.29) is 17.8 Å². The molecule has 0 spiro atoms. The van der Waals surface area contributed by atoms with Gasteiger partial charge in [-0.05, 0) is 24.6 Å². The van der Waals surface area contributed by atoms with E-state index in [4.69, 9.17) is 16.3 Å². The second kappa shape index (κ2) is 7.71. The van der Waals surface area contributed by atoms with Crippen molar-refractivity contribution in [3.8, 4) is 0 Å². The van der Waals surface area contributed by atoms with E-state index in [9.17, 15) is 9.59 Å². The summed E-state index contributed by atoms with van der Waals surface area (Å²) in [6.45, 7) is 2.43. The Morgan fingerprint density at radius 3 is 2.83 bits per heavy atom. The molecule has 1 amide bonds. The van der Waals surface area contributed by atoms with E-state index >= 15 is 0 Å². The molecule has 0 aliphatic heterocycles. The van der Waals surface area contributed by atoms with Gasteiger partial charge in [-0.15, -0.1) is 11.6 Å². The molecule has 0 atom stereocenters. The summed E-state index contributed by atoms with van der Waals surface area (Å²) in [5.74, 6) is -0.816. The van der Waals surface area contributed by atoms with Gasteiger partial charge >= 0.3 is 5.97 Å². The molecule has 5 heteroatoms. The number of halogens is 1. The molecule has 0 heterocycles. The monoisotopic (exact) mass is 269 g/mol. The lowest BCUT2D eigenvalue weighted by Gasteiger charge is -2.06. The Balaban J connectivity index is 2.63. The number of esters is 1. The summed E-state index contributed by atoms with van der Waals surface area (Å²) in [7, 11) is 0. The van der Waals surface area contributed by atoms with Gasteiger partial charge in [-0.1, -0.05) is 19.4 Å². The molecule has 1 N–H and O–H groups in total. The zero-order chi connectivity index (χ0) is 13.4. The summed E-state index contributed by atoms with van der Waals surface area (Å²) in [5, 5.41) is 2.58. The number of unbranched alkanes of at least 4 members (excludes halogenated alkanes) is 1. The second-order valence-corrected chi connectivity index (χ2v) is 4.02. The fraction of sp³-hybridized carbons (Fsp3) is 0.385. The molecule has 98 valence electrons. The van der Waals surface area contributed by atoms with Gasteiger partial charge in [0, 0.05) is 5.69 Å². The van der Waals surface area contributed by atoms with Crippen molar-refractivity contribution in [1.29, 1.82) is 0 Å². The number of ether oxygens (including phenoxy) is 1. The molecule has 4 nitrogen and oxygen atoms in total. The molecule has 0 bridgehead atoms. The highest BCUT2D eigenvalue weighted by Crippen LogP contribution is 2.12. The Bertz CT molecular complexity index is 420. The predicted octanol–water partition coefficient (Wildman–Crippen LogP) is 2.82. The Morgan fingerprint density at radius 1 is 1.39 bits per heavy atom. The number of benzene rings is 1. The van der Waals surface area contributed by atoms with Crippen molar-refractivity contribution in [1.82, 2.24) is 0 Å². The molecule has 0 unspecified atom stereocenters. The summed E-state index contributed by atoms with van der Waals surface area (Å²) >= 11 is 5.39. The van der Waals surface area contributed by atoms with Crippen molar-refractivity contribution in [3.63, 3.8) is 0 Å². The number of carbonyl (C=O) groups excluding carboxylic acids is 2. The van der Waals surface area contributed by atoms with E-state index in [0.29, 0.717) is 17.9 Å². The molecule has 0 aliphatic rings. The molecule has 0 saturated carbocycles. The Labute approximate surface area is 111 Å². The maximum atomic E-state index is 11.7. The highest BCUT2D eigenvalue weighted by atomic mass is 35.5. The lowest BCUT2D eigenvalue weighted by Crippen LogP contribution is -2.13. The van der Waals surface area contributed by atoms with Gasteiger partial charge in [-0.25, -0.2) is 4.79 Å². The van der Waals surface area contributed by atoms with E-state index in [2.05, 4.69) is 5.32 Å². The van der Waals surface area contributed by atoms with Gasteiger partial charge in [-0.3, -0.25) is 4.79 Å². The van der Waals surface area contributed by atoms with Crippen molar-refractivity contribution >= 4 is 29.2 Å². The first-order valence-electron chi connectivity index (χ1n) is 5.80.